The third kappa shape index (κ3) is 32.3. The van der Waals surface area contributed by atoms with Gasteiger partial charge in [-0.1, -0.05) is 219 Å². The maximum atomic E-state index is 13.1. The van der Waals surface area contributed by atoms with Gasteiger partial charge >= 0.3 is 5.97 Å². The van der Waals surface area contributed by atoms with E-state index in [2.05, 4.69) is 26.0 Å². The molecular formula is C58H110O14. The van der Waals surface area contributed by atoms with Crippen LogP contribution in [0, 0.1) is 0 Å². The number of unbranched alkanes of at least 4 members (excludes halogenated alkanes) is 33. The summed E-state index contributed by atoms with van der Waals surface area (Å²) in [4.78, 5) is 13.1. The monoisotopic (exact) mass is 1030 g/mol. The van der Waals surface area contributed by atoms with Gasteiger partial charge in [0.05, 0.1) is 26.4 Å². The minimum atomic E-state index is -1.70. The van der Waals surface area contributed by atoms with Gasteiger partial charge in [0.1, 0.15) is 54.9 Å². The largest absolute Gasteiger partial charge is 0.457 e. The van der Waals surface area contributed by atoms with Crippen molar-refractivity contribution in [3.8, 4) is 0 Å². The van der Waals surface area contributed by atoms with Crippen LogP contribution in [-0.2, 0) is 33.2 Å². The van der Waals surface area contributed by atoms with Crippen LogP contribution in [0.2, 0.25) is 0 Å². The van der Waals surface area contributed by atoms with Gasteiger partial charge in [0.2, 0.25) is 0 Å². The molecule has 72 heavy (non-hydrogen) atoms. The molecule has 0 spiro atoms. The number of hydrogen-bond acceptors (Lipinski definition) is 14. The highest BCUT2D eigenvalue weighted by molar-refractivity contribution is 5.69. The van der Waals surface area contributed by atoms with Crippen molar-refractivity contribution in [3.05, 3.63) is 12.2 Å². The number of carbonyl (C=O) groups excluding carboxylic acids is 1. The molecule has 2 saturated heterocycles. The molecule has 0 saturated carbocycles. The van der Waals surface area contributed by atoms with Crippen LogP contribution in [0.5, 0.6) is 0 Å². The molecular weight excluding hydrogens is 921 g/mol. The number of rotatable bonds is 49. The first kappa shape index (κ1) is 66.8. The molecule has 0 aromatic carbocycles. The highest BCUT2D eigenvalue weighted by Crippen LogP contribution is 2.27. The average molecular weight is 1030 g/mol. The lowest BCUT2D eigenvalue weighted by molar-refractivity contribution is -0.332. The van der Waals surface area contributed by atoms with E-state index in [4.69, 9.17) is 28.4 Å². The lowest BCUT2D eigenvalue weighted by atomic mass is 9.98. The number of carbonyl (C=O) groups is 1. The molecule has 0 aromatic rings. The van der Waals surface area contributed by atoms with Crippen LogP contribution in [-0.4, -0.2) is 142 Å². The van der Waals surface area contributed by atoms with E-state index in [0.29, 0.717) is 13.0 Å². The minimum absolute atomic E-state index is 0.0655. The Morgan fingerprint density at radius 3 is 1.26 bits per heavy atom. The molecule has 426 valence electrons. The van der Waals surface area contributed by atoms with E-state index in [1.165, 1.54) is 186 Å². The molecule has 14 heteroatoms. The zero-order valence-electron chi connectivity index (χ0n) is 45.7. The van der Waals surface area contributed by atoms with E-state index in [0.717, 1.165) is 38.5 Å². The fourth-order valence-corrected chi connectivity index (χ4v) is 9.69. The molecule has 2 aliphatic rings. The highest BCUT2D eigenvalue weighted by Gasteiger charge is 2.47. The van der Waals surface area contributed by atoms with E-state index < -0.39 is 80.7 Å². The third-order valence-electron chi connectivity index (χ3n) is 14.5. The molecule has 0 aromatic heterocycles. The molecule has 14 nitrogen and oxygen atoms in total. The first-order chi connectivity index (χ1) is 35.1. The normalized spacial score (nSPS) is 25.1. The van der Waals surface area contributed by atoms with Gasteiger partial charge in [-0.15, -0.1) is 0 Å². The number of ether oxygens (including phenoxy) is 6. The van der Waals surface area contributed by atoms with Gasteiger partial charge in [-0.05, 0) is 38.5 Å². The van der Waals surface area contributed by atoms with Crippen LogP contribution in [0.25, 0.3) is 0 Å². The molecule has 0 radical (unpaired) electrons. The fourth-order valence-electron chi connectivity index (χ4n) is 9.69. The fraction of sp³-hybridized carbons (Fsp3) is 0.948. The van der Waals surface area contributed by atoms with Crippen molar-refractivity contribution in [2.45, 2.75) is 319 Å². The summed E-state index contributed by atoms with van der Waals surface area (Å²) in [5, 5.41) is 72.3. The molecule has 11 unspecified atom stereocenters. The zero-order chi connectivity index (χ0) is 52.3. The molecule has 11 atom stereocenters. The summed E-state index contributed by atoms with van der Waals surface area (Å²) in [6.45, 7) is 3.74. The van der Waals surface area contributed by atoms with Crippen LogP contribution in [0.3, 0.4) is 0 Å². The molecule has 2 aliphatic heterocycles. The van der Waals surface area contributed by atoms with Gasteiger partial charge in [0.15, 0.2) is 12.6 Å². The van der Waals surface area contributed by atoms with Crippen molar-refractivity contribution in [2.24, 2.45) is 0 Å². The second kappa shape index (κ2) is 45.9. The summed E-state index contributed by atoms with van der Waals surface area (Å²) < 4.78 is 34.4. The number of aliphatic hydroxyl groups is 7. The Hall–Kier alpha value is -1.27. The van der Waals surface area contributed by atoms with Gasteiger partial charge < -0.3 is 64.2 Å². The summed E-state index contributed by atoms with van der Waals surface area (Å²) >= 11 is 0. The second-order valence-corrected chi connectivity index (χ2v) is 21.2. The van der Waals surface area contributed by atoms with E-state index in [1.54, 1.807) is 0 Å². The lowest BCUT2D eigenvalue weighted by Crippen LogP contribution is -2.61. The van der Waals surface area contributed by atoms with E-state index in [9.17, 15) is 40.5 Å². The van der Waals surface area contributed by atoms with Gasteiger partial charge in [-0.3, -0.25) is 4.79 Å². The quantitative estimate of drug-likeness (QED) is 0.0172. The zero-order valence-corrected chi connectivity index (χ0v) is 45.7. The van der Waals surface area contributed by atoms with Gasteiger partial charge in [0, 0.05) is 13.0 Å². The minimum Gasteiger partial charge on any atom is -0.457 e. The Balaban J connectivity index is 1.70. The Morgan fingerprint density at radius 1 is 0.444 bits per heavy atom. The summed E-state index contributed by atoms with van der Waals surface area (Å²) in [6.07, 6.45) is 34.1. The topological polar surface area (TPSA) is 214 Å². The smallest absolute Gasteiger partial charge is 0.306 e. The molecule has 0 aliphatic carbocycles. The van der Waals surface area contributed by atoms with Crippen molar-refractivity contribution in [2.75, 3.05) is 33.0 Å². The molecule has 7 N–H and O–H groups in total. The maximum absolute atomic E-state index is 13.1. The van der Waals surface area contributed by atoms with Crippen molar-refractivity contribution in [1.82, 2.24) is 0 Å². The van der Waals surface area contributed by atoms with Crippen molar-refractivity contribution in [1.29, 1.82) is 0 Å². The van der Waals surface area contributed by atoms with Gasteiger partial charge in [-0.2, -0.15) is 0 Å². The number of hydrogen-bond donors (Lipinski definition) is 7. The molecule has 2 fully saturated rings. The van der Waals surface area contributed by atoms with E-state index >= 15 is 0 Å². The van der Waals surface area contributed by atoms with Crippen LogP contribution in [0.1, 0.15) is 251 Å². The molecule has 0 bridgehead atoms. The van der Waals surface area contributed by atoms with Crippen molar-refractivity contribution >= 4 is 5.97 Å². The number of aliphatic hydroxyl groups excluding tert-OH is 7. The predicted molar refractivity (Wildman–Crippen MR) is 284 cm³/mol. The number of allylic oxidation sites excluding steroid dienone is 2. The van der Waals surface area contributed by atoms with Crippen molar-refractivity contribution in [3.63, 3.8) is 0 Å². The summed E-state index contributed by atoms with van der Waals surface area (Å²) in [6, 6.07) is 0. The Morgan fingerprint density at radius 2 is 0.819 bits per heavy atom. The standard InChI is InChI=1S/C58H110O14/c1-3-5-7-9-11-13-15-17-19-21-23-24-25-27-29-31-33-35-37-39-41-50(60)70-47(44-67-42-40-38-36-34-32-30-28-26-22-20-18-16-14-12-10-8-6-4-2)45-68-57-56(66)54(64)52(62)49(72-57)46-69-58-55(65)53(63)51(61)48(43-59)71-58/h18,20,47-49,51-59,61-66H,3-17,19,21-46H2,1-2H3/b20-18-. The average Bonchev–Trinajstić information content (AvgIpc) is 3.38. The van der Waals surface area contributed by atoms with E-state index in [-0.39, 0.29) is 25.6 Å². The molecule has 0 amide bonds. The van der Waals surface area contributed by atoms with Crippen LogP contribution < -0.4 is 0 Å². The third-order valence-corrected chi connectivity index (χ3v) is 14.5. The number of esters is 1. The van der Waals surface area contributed by atoms with Crippen LogP contribution >= 0.6 is 0 Å². The second-order valence-electron chi connectivity index (χ2n) is 21.2. The van der Waals surface area contributed by atoms with Crippen LogP contribution in [0.15, 0.2) is 12.2 Å². The Labute approximate surface area is 437 Å². The summed E-state index contributed by atoms with van der Waals surface area (Å²) in [7, 11) is 0. The lowest BCUT2D eigenvalue weighted by Gasteiger charge is -2.42. The summed E-state index contributed by atoms with van der Waals surface area (Å²) in [5.74, 6) is -0.370. The molecule has 2 rings (SSSR count). The predicted octanol–water partition coefficient (Wildman–Crippen LogP) is 10.6. The Kier molecular flexibility index (Phi) is 42.6. The first-order valence-electron chi connectivity index (χ1n) is 29.8. The van der Waals surface area contributed by atoms with E-state index in [1.807, 2.05) is 0 Å². The first-order valence-corrected chi connectivity index (χ1v) is 29.8. The van der Waals surface area contributed by atoms with Gasteiger partial charge in [-0.25, -0.2) is 0 Å². The SMILES string of the molecule is CCCCCCCC/C=C\CCCCCCCCCCOCC(COC1OC(COC2OC(CO)C(O)C(O)C2O)C(O)C(O)C1O)OC(=O)CCCCCCCCCCCCCCCCCCCCCC. The van der Waals surface area contributed by atoms with Gasteiger partial charge in [0.25, 0.3) is 0 Å². The van der Waals surface area contributed by atoms with Crippen LogP contribution in [0.4, 0.5) is 0 Å². The summed E-state index contributed by atoms with van der Waals surface area (Å²) in [5.41, 5.74) is 0. The van der Waals surface area contributed by atoms with Crippen molar-refractivity contribution < 1.29 is 69.0 Å². The highest BCUT2D eigenvalue weighted by atomic mass is 16.7. The molecule has 2 heterocycles. The Bertz CT molecular complexity index is 1240. The maximum Gasteiger partial charge on any atom is 0.306 e.